The summed E-state index contributed by atoms with van der Waals surface area (Å²) < 4.78 is 0. The third-order valence-corrected chi connectivity index (χ3v) is 3.90. The van der Waals surface area contributed by atoms with E-state index in [1.165, 1.54) is 0 Å². The topological polar surface area (TPSA) is 73.6 Å². The van der Waals surface area contributed by atoms with E-state index >= 15 is 0 Å². The molecule has 25 heavy (non-hydrogen) atoms. The lowest BCUT2D eigenvalue weighted by molar-refractivity contribution is 1.11. The van der Waals surface area contributed by atoms with E-state index < -0.39 is 0 Å². The van der Waals surface area contributed by atoms with Crippen molar-refractivity contribution in [2.24, 2.45) is 0 Å². The molecule has 3 rings (SSSR count). The van der Waals surface area contributed by atoms with Crippen molar-refractivity contribution >= 4 is 46.3 Å². The molecule has 0 saturated carbocycles. The summed E-state index contributed by atoms with van der Waals surface area (Å²) in [6.45, 7) is 1.85. The zero-order valence-electron chi connectivity index (χ0n) is 13.2. The van der Waals surface area contributed by atoms with Crippen LogP contribution in [0.2, 0.25) is 10.0 Å². The van der Waals surface area contributed by atoms with Crippen LogP contribution >= 0.6 is 23.2 Å². The van der Waals surface area contributed by atoms with Crippen molar-refractivity contribution in [3.05, 3.63) is 69.8 Å². The largest absolute Gasteiger partial charge is 0.339 e. The molecular formula is C18H13Cl2N5. The lowest BCUT2D eigenvalue weighted by Gasteiger charge is -2.11. The molecule has 0 unspecified atom stereocenters. The number of nitriles is 1. The van der Waals surface area contributed by atoms with Crippen molar-refractivity contribution in [2.45, 2.75) is 6.92 Å². The second kappa shape index (κ2) is 7.39. The van der Waals surface area contributed by atoms with E-state index in [2.05, 4.69) is 26.7 Å². The predicted molar refractivity (Wildman–Crippen MR) is 101 cm³/mol. The number of nitrogens with zero attached hydrogens (tertiary/aromatic N) is 3. The molecule has 2 aromatic carbocycles. The first kappa shape index (κ1) is 17.0. The number of anilines is 4. The van der Waals surface area contributed by atoms with Gasteiger partial charge in [-0.2, -0.15) is 10.2 Å². The molecule has 5 nitrogen and oxygen atoms in total. The van der Waals surface area contributed by atoms with E-state index in [0.29, 0.717) is 38.7 Å². The number of halogens is 2. The molecule has 1 heterocycles. The Hall–Kier alpha value is -2.81. The number of hydrogen-bond acceptors (Lipinski definition) is 5. The van der Waals surface area contributed by atoms with E-state index in [1.54, 1.807) is 30.3 Å². The minimum atomic E-state index is 0.376. The molecule has 0 radical (unpaired) electrons. The SMILES string of the molecule is Cc1cc(Nc2ccccc2C#N)nc(Nc2cc(Cl)ccc2Cl)n1. The summed E-state index contributed by atoms with van der Waals surface area (Å²) >= 11 is 12.2. The zero-order chi connectivity index (χ0) is 17.8. The van der Waals surface area contributed by atoms with Crippen molar-refractivity contribution in [3.63, 3.8) is 0 Å². The summed E-state index contributed by atoms with van der Waals surface area (Å²) in [5, 5.41) is 16.5. The molecule has 0 bridgehead atoms. The molecule has 0 atom stereocenters. The fourth-order valence-corrected chi connectivity index (χ4v) is 2.57. The van der Waals surface area contributed by atoms with Gasteiger partial charge in [-0.1, -0.05) is 35.3 Å². The molecule has 1 aromatic heterocycles. The Morgan fingerprint density at radius 2 is 1.76 bits per heavy atom. The molecular weight excluding hydrogens is 357 g/mol. The highest BCUT2D eigenvalue weighted by molar-refractivity contribution is 6.35. The van der Waals surface area contributed by atoms with E-state index in [4.69, 9.17) is 23.2 Å². The summed E-state index contributed by atoms with van der Waals surface area (Å²) in [7, 11) is 0. The summed E-state index contributed by atoms with van der Waals surface area (Å²) in [4.78, 5) is 8.78. The van der Waals surface area contributed by atoms with Gasteiger partial charge in [0.1, 0.15) is 11.9 Å². The van der Waals surface area contributed by atoms with Crippen molar-refractivity contribution < 1.29 is 0 Å². The molecule has 7 heteroatoms. The van der Waals surface area contributed by atoms with Crippen LogP contribution in [0.15, 0.2) is 48.5 Å². The maximum atomic E-state index is 9.19. The van der Waals surface area contributed by atoms with Crippen LogP contribution in [0.3, 0.4) is 0 Å². The molecule has 124 valence electrons. The number of benzene rings is 2. The Kier molecular flexibility index (Phi) is 5.03. The van der Waals surface area contributed by atoms with Gasteiger partial charge in [0, 0.05) is 16.8 Å². The highest BCUT2D eigenvalue weighted by Crippen LogP contribution is 2.28. The van der Waals surface area contributed by atoms with Gasteiger partial charge < -0.3 is 10.6 Å². The van der Waals surface area contributed by atoms with E-state index in [1.807, 2.05) is 25.1 Å². The van der Waals surface area contributed by atoms with Gasteiger partial charge in [-0.05, 0) is 37.3 Å². The zero-order valence-corrected chi connectivity index (χ0v) is 14.7. The minimum absolute atomic E-state index is 0.376. The van der Waals surface area contributed by atoms with Crippen LogP contribution in [0.25, 0.3) is 0 Å². The first-order chi connectivity index (χ1) is 12.0. The Morgan fingerprint density at radius 3 is 2.56 bits per heavy atom. The quantitative estimate of drug-likeness (QED) is 0.639. The number of rotatable bonds is 4. The number of para-hydroxylation sites is 1. The maximum absolute atomic E-state index is 9.19. The second-order valence-electron chi connectivity index (χ2n) is 5.25. The first-order valence-electron chi connectivity index (χ1n) is 7.39. The van der Waals surface area contributed by atoms with Gasteiger partial charge in [-0.15, -0.1) is 0 Å². The third-order valence-electron chi connectivity index (χ3n) is 3.34. The van der Waals surface area contributed by atoms with Crippen LogP contribution in [0.1, 0.15) is 11.3 Å². The average molecular weight is 370 g/mol. The summed E-state index contributed by atoms with van der Waals surface area (Å²) in [6, 6.07) is 16.3. The van der Waals surface area contributed by atoms with Crippen LogP contribution in [0, 0.1) is 18.3 Å². The molecule has 3 aromatic rings. The van der Waals surface area contributed by atoms with Gasteiger partial charge >= 0.3 is 0 Å². The molecule has 0 aliphatic heterocycles. The smallest absolute Gasteiger partial charge is 0.229 e. The summed E-state index contributed by atoms with van der Waals surface area (Å²) in [6.07, 6.45) is 0. The third kappa shape index (κ3) is 4.18. The van der Waals surface area contributed by atoms with Gasteiger partial charge in [0.25, 0.3) is 0 Å². The summed E-state index contributed by atoms with van der Waals surface area (Å²) in [5.74, 6) is 0.942. The number of hydrogen-bond donors (Lipinski definition) is 2. The average Bonchev–Trinajstić information content (AvgIpc) is 2.58. The highest BCUT2D eigenvalue weighted by atomic mass is 35.5. The van der Waals surface area contributed by atoms with Gasteiger partial charge in [0.05, 0.1) is 22.0 Å². The standard InChI is InChI=1S/C18H13Cl2N5/c1-11-8-17(23-15-5-3-2-4-12(15)10-21)25-18(22-11)24-16-9-13(19)6-7-14(16)20/h2-9H,1H3,(H2,22,23,24,25). The Morgan fingerprint density at radius 1 is 0.960 bits per heavy atom. The fourth-order valence-electron chi connectivity index (χ4n) is 2.23. The molecule has 0 aliphatic carbocycles. The van der Waals surface area contributed by atoms with Gasteiger partial charge in [-0.25, -0.2) is 4.98 Å². The Balaban J connectivity index is 1.91. The monoisotopic (exact) mass is 369 g/mol. The van der Waals surface area contributed by atoms with E-state index in [0.717, 1.165) is 5.69 Å². The number of aromatic nitrogens is 2. The lowest BCUT2D eigenvalue weighted by atomic mass is 10.2. The minimum Gasteiger partial charge on any atom is -0.339 e. The number of nitrogens with one attached hydrogen (secondary N) is 2. The first-order valence-corrected chi connectivity index (χ1v) is 8.14. The van der Waals surface area contributed by atoms with Crippen LogP contribution in [-0.2, 0) is 0 Å². The Bertz CT molecular complexity index is 966. The second-order valence-corrected chi connectivity index (χ2v) is 6.09. The molecule has 0 saturated heterocycles. The van der Waals surface area contributed by atoms with Crippen LogP contribution in [0.4, 0.5) is 23.1 Å². The molecule has 0 fully saturated rings. The molecule has 2 N–H and O–H groups in total. The van der Waals surface area contributed by atoms with Crippen molar-refractivity contribution in [3.8, 4) is 6.07 Å². The van der Waals surface area contributed by atoms with Crippen LogP contribution < -0.4 is 10.6 Å². The summed E-state index contributed by atoms with van der Waals surface area (Å²) in [5.41, 5.74) is 2.58. The van der Waals surface area contributed by atoms with E-state index in [9.17, 15) is 5.26 Å². The molecule has 0 aliphatic rings. The molecule has 0 amide bonds. The van der Waals surface area contributed by atoms with E-state index in [-0.39, 0.29) is 0 Å². The predicted octanol–water partition coefficient (Wildman–Crippen LogP) is 5.45. The maximum Gasteiger partial charge on any atom is 0.229 e. The molecule has 0 spiro atoms. The number of aryl methyl sites for hydroxylation is 1. The van der Waals surface area contributed by atoms with Gasteiger partial charge in [0.15, 0.2) is 0 Å². The van der Waals surface area contributed by atoms with Crippen LogP contribution in [0.5, 0.6) is 0 Å². The van der Waals surface area contributed by atoms with Crippen molar-refractivity contribution in [1.29, 1.82) is 5.26 Å². The van der Waals surface area contributed by atoms with Gasteiger partial charge in [0.2, 0.25) is 5.95 Å². The van der Waals surface area contributed by atoms with Crippen molar-refractivity contribution in [1.82, 2.24) is 9.97 Å². The lowest BCUT2D eigenvalue weighted by Crippen LogP contribution is -2.03. The van der Waals surface area contributed by atoms with Crippen molar-refractivity contribution in [2.75, 3.05) is 10.6 Å². The normalized spacial score (nSPS) is 10.2. The highest BCUT2D eigenvalue weighted by Gasteiger charge is 2.08. The Labute approximate surface area is 155 Å². The van der Waals surface area contributed by atoms with Gasteiger partial charge in [-0.3, -0.25) is 0 Å². The fraction of sp³-hybridized carbons (Fsp3) is 0.0556. The van der Waals surface area contributed by atoms with Crippen LogP contribution in [-0.4, -0.2) is 9.97 Å².